The molecule has 14 heteroatoms. The van der Waals surface area contributed by atoms with Crippen molar-refractivity contribution in [1.82, 2.24) is 5.32 Å². The summed E-state index contributed by atoms with van der Waals surface area (Å²) >= 11 is 0. The summed E-state index contributed by atoms with van der Waals surface area (Å²) in [5, 5.41) is 13.2. The molecule has 0 aromatic heterocycles. The molecule has 2 amide bonds. The van der Waals surface area contributed by atoms with Crippen molar-refractivity contribution in [3.63, 3.8) is 0 Å². The second kappa shape index (κ2) is 16.6. The van der Waals surface area contributed by atoms with Gasteiger partial charge in [-0.3, -0.25) is 14.4 Å². The lowest BCUT2D eigenvalue weighted by Crippen LogP contribution is -2.58. The monoisotopic (exact) mass is 696 g/mol. The molecule has 0 saturated carbocycles. The number of carbonyl (C=O) groups excluding carboxylic acids is 3. The van der Waals surface area contributed by atoms with Crippen LogP contribution in [0.25, 0.3) is 0 Å². The van der Waals surface area contributed by atoms with Crippen molar-refractivity contribution < 1.29 is 57.1 Å². The Balaban J connectivity index is 1.52. The number of ether oxygens (including phenoxy) is 4. The number of rotatable bonds is 12. The number of hydroxylamine groups is 3. The fourth-order valence-electron chi connectivity index (χ4n) is 5.87. The van der Waals surface area contributed by atoms with E-state index in [1.165, 1.54) is 55.5 Å². The summed E-state index contributed by atoms with van der Waals surface area (Å²) in [5.74, 6) is -2.24. The molecule has 1 heterocycles. The summed E-state index contributed by atoms with van der Waals surface area (Å²) in [6, 6.07) is 10.9. The highest BCUT2D eigenvalue weighted by atomic mass is 19.1. The van der Waals surface area contributed by atoms with Crippen LogP contribution >= 0.6 is 0 Å². The molecule has 1 saturated heterocycles. The van der Waals surface area contributed by atoms with E-state index in [4.69, 9.17) is 23.8 Å². The Morgan fingerprint density at radius 2 is 1.52 bits per heavy atom. The Morgan fingerprint density at radius 3 is 2.12 bits per heavy atom. The molecular weight excluding hydrogens is 653 g/mol. The predicted molar refractivity (Wildman–Crippen MR) is 180 cm³/mol. The van der Waals surface area contributed by atoms with Gasteiger partial charge in [0.05, 0.1) is 17.3 Å². The van der Waals surface area contributed by atoms with E-state index in [1.807, 2.05) is 13.8 Å². The second-order valence-electron chi connectivity index (χ2n) is 12.2. The number of likely N-dealkylation sites (tertiary alicyclic amines) is 1. The van der Waals surface area contributed by atoms with Gasteiger partial charge in [-0.05, 0) is 78.9 Å². The van der Waals surface area contributed by atoms with Gasteiger partial charge in [-0.15, -0.1) is 0 Å². The summed E-state index contributed by atoms with van der Waals surface area (Å²) in [5.41, 5.74) is 1.74. The van der Waals surface area contributed by atoms with Gasteiger partial charge < -0.3 is 34.3 Å². The van der Waals surface area contributed by atoms with Gasteiger partial charge >= 0.3 is 12.1 Å². The summed E-state index contributed by atoms with van der Waals surface area (Å²) in [6.45, 7) is 3.25. The Bertz CT molecular complexity index is 1710. The van der Waals surface area contributed by atoms with E-state index >= 15 is 4.39 Å². The lowest BCUT2D eigenvalue weighted by atomic mass is 9.99. The van der Waals surface area contributed by atoms with E-state index in [-0.39, 0.29) is 54.8 Å². The van der Waals surface area contributed by atoms with Crippen molar-refractivity contribution in [3.8, 4) is 11.5 Å². The summed E-state index contributed by atoms with van der Waals surface area (Å²) in [7, 11) is 6.18. The van der Waals surface area contributed by atoms with Crippen molar-refractivity contribution in [2.75, 3.05) is 59.9 Å². The molecule has 50 heavy (non-hydrogen) atoms. The van der Waals surface area contributed by atoms with Gasteiger partial charge in [-0.2, -0.15) is 4.79 Å². The normalized spacial score (nSPS) is 17.3. The van der Waals surface area contributed by atoms with Gasteiger partial charge in [0.25, 0.3) is 5.91 Å². The zero-order valence-corrected chi connectivity index (χ0v) is 29.0. The largest absolute Gasteiger partial charge is 0.556 e. The van der Waals surface area contributed by atoms with Crippen molar-refractivity contribution in [1.29, 1.82) is 0 Å². The number of amides is 2. The van der Waals surface area contributed by atoms with Crippen molar-refractivity contribution in [3.05, 3.63) is 87.7 Å². The number of ketones is 1. The van der Waals surface area contributed by atoms with Gasteiger partial charge in [-0.25, -0.2) is 9.18 Å². The third-order valence-electron chi connectivity index (χ3n) is 8.33. The maximum atomic E-state index is 15.5. The minimum Gasteiger partial charge on any atom is -0.467 e. The molecule has 3 aromatic rings. The third kappa shape index (κ3) is 8.56. The number of hydrogen-bond acceptors (Lipinski definition) is 10. The van der Waals surface area contributed by atoms with Crippen LogP contribution in [0.2, 0.25) is 0 Å². The maximum absolute atomic E-state index is 15.5. The number of carbonyl (C=O) groups is 4. The van der Waals surface area contributed by atoms with Crippen LogP contribution < -0.4 is 19.7 Å². The molecule has 13 nitrogen and oxygen atoms in total. The summed E-state index contributed by atoms with van der Waals surface area (Å²) in [6.07, 6.45) is 0.101. The van der Waals surface area contributed by atoms with Gasteiger partial charge in [-0.1, -0.05) is 12.1 Å². The summed E-state index contributed by atoms with van der Waals surface area (Å²) in [4.78, 5) is 60.0. The van der Waals surface area contributed by atoms with Crippen molar-refractivity contribution in [2.24, 2.45) is 0 Å². The highest BCUT2D eigenvalue weighted by molar-refractivity contribution is 6.11. The van der Waals surface area contributed by atoms with Gasteiger partial charge in [0, 0.05) is 45.9 Å². The topological polar surface area (TPSA) is 150 Å². The molecular formula is C36H43FN3O10+. The first-order chi connectivity index (χ1) is 23.8. The molecule has 1 aliphatic heterocycles. The van der Waals surface area contributed by atoms with E-state index < -0.39 is 40.3 Å². The molecule has 0 aliphatic carbocycles. The first-order valence-electron chi connectivity index (χ1n) is 16.0. The van der Waals surface area contributed by atoms with Gasteiger partial charge in [0.1, 0.15) is 23.6 Å². The number of anilines is 1. The molecule has 0 spiro atoms. The molecule has 3 aromatic carbocycles. The Morgan fingerprint density at radius 1 is 0.900 bits per heavy atom. The van der Waals surface area contributed by atoms with Crippen LogP contribution in [0, 0.1) is 19.7 Å². The fraction of sp³-hybridized carbons (Fsp3) is 0.389. The minimum absolute atomic E-state index is 0.0144. The number of quaternary nitrogens is 1. The van der Waals surface area contributed by atoms with Gasteiger partial charge in [0.2, 0.25) is 0 Å². The molecule has 0 bridgehead atoms. The molecule has 268 valence electrons. The van der Waals surface area contributed by atoms with Crippen molar-refractivity contribution >= 4 is 29.4 Å². The Labute approximate surface area is 290 Å². The Kier molecular flexibility index (Phi) is 12.5. The van der Waals surface area contributed by atoms with Crippen LogP contribution in [-0.2, 0) is 14.3 Å². The van der Waals surface area contributed by atoms with Crippen LogP contribution in [0.15, 0.2) is 48.5 Å². The van der Waals surface area contributed by atoms with Crippen LogP contribution in [0.3, 0.4) is 0 Å². The highest BCUT2D eigenvalue weighted by Crippen LogP contribution is 2.32. The molecule has 0 radical (unpaired) electrons. The number of halogens is 1. The lowest BCUT2D eigenvalue weighted by molar-refractivity contribution is -1.03. The van der Waals surface area contributed by atoms with Crippen LogP contribution in [0.1, 0.15) is 67.0 Å². The van der Waals surface area contributed by atoms with Crippen LogP contribution in [0.5, 0.6) is 11.5 Å². The van der Waals surface area contributed by atoms with Gasteiger partial charge in [0.15, 0.2) is 31.7 Å². The van der Waals surface area contributed by atoms with Crippen LogP contribution in [0.4, 0.5) is 14.9 Å². The number of hydrogen-bond donors (Lipinski definition) is 2. The molecule has 2 atom stereocenters. The average molecular weight is 697 g/mol. The number of benzene rings is 3. The number of carboxylic acid groups (broad SMARTS) is 1. The maximum Gasteiger partial charge on any atom is 0.556 e. The third-order valence-corrected chi connectivity index (χ3v) is 8.33. The molecule has 1 fully saturated rings. The minimum atomic E-state index is -1.39. The lowest BCUT2D eigenvalue weighted by Gasteiger charge is -2.30. The second-order valence-corrected chi connectivity index (χ2v) is 12.2. The van der Waals surface area contributed by atoms with E-state index in [0.29, 0.717) is 30.6 Å². The van der Waals surface area contributed by atoms with Crippen LogP contribution in [-0.4, -0.2) is 94.5 Å². The van der Waals surface area contributed by atoms with Crippen molar-refractivity contribution in [2.45, 2.75) is 39.2 Å². The van der Waals surface area contributed by atoms with E-state index in [0.717, 1.165) is 11.1 Å². The zero-order chi connectivity index (χ0) is 36.6. The first kappa shape index (κ1) is 37.8. The number of aryl methyl sites for hydroxylation is 2. The van der Waals surface area contributed by atoms with E-state index in [2.05, 4.69) is 5.32 Å². The Hall–Kier alpha value is -5.05. The molecule has 2 N–H and O–H groups in total. The predicted octanol–water partition coefficient (Wildman–Crippen LogP) is 5.25. The fourth-order valence-corrected chi connectivity index (χ4v) is 5.87. The molecule has 1 aliphatic rings. The first-order valence-corrected chi connectivity index (χ1v) is 16.0. The number of methoxy groups -OCH3 is 2. The smallest absolute Gasteiger partial charge is 0.467 e. The summed E-state index contributed by atoms with van der Waals surface area (Å²) < 4.78 is 35.4. The SMILES string of the molecule is COCOc1ccc(N(C)C)c(F)c1C(=O)c1ccc(C(=O)O[N+]2(C(=O)O)CCCCC(NC(=O)c3cc(C)c(OCOC)c(C)c3)C2)cc1. The van der Waals surface area contributed by atoms with E-state index in [9.17, 15) is 24.3 Å². The number of nitrogens with one attached hydrogen (secondary N) is 1. The quantitative estimate of drug-likeness (QED) is 0.145. The number of nitrogens with zero attached hydrogens (tertiary/aromatic N) is 2. The standard InChI is InChI=1S/C36H42FN3O10/c1-22-17-26(18-23(2)33(22)49-21-47-6)34(42)38-27-9-7-8-16-40(19-27,36(44)45)50-35(43)25-12-10-24(11-13-25)32(41)30-29(48-20-46-5)15-14-28(31(30)37)39(3)4/h10-15,17-18,27H,7-9,16,19-21H2,1-6H3,(H-,38,42,44,45)/p+1. The van der Waals surface area contributed by atoms with E-state index in [1.54, 1.807) is 26.2 Å². The molecule has 2 unspecified atom stereocenters. The zero-order valence-electron chi connectivity index (χ0n) is 29.0. The highest BCUT2D eigenvalue weighted by Gasteiger charge is 2.46. The molecule has 4 rings (SSSR count). The average Bonchev–Trinajstić information content (AvgIpc) is 3.29.